The van der Waals surface area contributed by atoms with Crippen LogP contribution in [0.15, 0.2) is 18.2 Å². The summed E-state index contributed by atoms with van der Waals surface area (Å²) in [5, 5.41) is 9.79. The summed E-state index contributed by atoms with van der Waals surface area (Å²) in [6, 6.07) is 5.45. The molecule has 0 aliphatic heterocycles. The maximum Gasteiger partial charge on any atom is 0.234 e. The van der Waals surface area contributed by atoms with Crippen molar-refractivity contribution in [1.29, 1.82) is 0 Å². The van der Waals surface area contributed by atoms with E-state index in [-0.39, 0.29) is 11.3 Å². The SMILES string of the molecule is CC(C)(C)c1cc(CCC(=O)NN)ccc1O. The highest BCUT2D eigenvalue weighted by Crippen LogP contribution is 2.31. The summed E-state index contributed by atoms with van der Waals surface area (Å²) >= 11 is 0. The molecule has 4 nitrogen and oxygen atoms in total. The van der Waals surface area contributed by atoms with Gasteiger partial charge in [-0.15, -0.1) is 0 Å². The van der Waals surface area contributed by atoms with E-state index in [4.69, 9.17) is 5.84 Å². The second-order valence-corrected chi connectivity index (χ2v) is 5.17. The van der Waals surface area contributed by atoms with Gasteiger partial charge >= 0.3 is 0 Å². The van der Waals surface area contributed by atoms with Crippen LogP contribution in [0, 0.1) is 0 Å². The Balaban J connectivity index is 2.86. The van der Waals surface area contributed by atoms with E-state index in [0.717, 1.165) is 11.1 Å². The maximum atomic E-state index is 11.0. The number of rotatable bonds is 3. The van der Waals surface area contributed by atoms with Gasteiger partial charge in [0.05, 0.1) is 0 Å². The minimum absolute atomic E-state index is 0.115. The summed E-state index contributed by atoms with van der Waals surface area (Å²) in [5.41, 5.74) is 3.90. The van der Waals surface area contributed by atoms with Gasteiger partial charge in [-0.25, -0.2) is 5.84 Å². The third-order valence-electron chi connectivity index (χ3n) is 2.67. The molecule has 0 atom stereocenters. The van der Waals surface area contributed by atoms with Crippen LogP contribution in [0.3, 0.4) is 0 Å². The molecule has 0 saturated carbocycles. The Kier molecular flexibility index (Phi) is 4.12. The smallest absolute Gasteiger partial charge is 0.234 e. The third kappa shape index (κ3) is 3.75. The predicted octanol–water partition coefficient (Wildman–Crippen LogP) is 1.61. The summed E-state index contributed by atoms with van der Waals surface area (Å²) in [7, 11) is 0. The van der Waals surface area contributed by atoms with Gasteiger partial charge in [-0.1, -0.05) is 32.9 Å². The van der Waals surface area contributed by atoms with Crippen LogP contribution in [0.4, 0.5) is 0 Å². The number of carbonyl (C=O) groups is 1. The van der Waals surface area contributed by atoms with Crippen molar-refractivity contribution in [1.82, 2.24) is 5.43 Å². The number of aromatic hydroxyl groups is 1. The Bertz CT molecular complexity index is 408. The first-order chi connectivity index (χ1) is 7.84. The molecule has 0 aliphatic carbocycles. The number of nitrogens with two attached hydrogens (primary N) is 1. The Morgan fingerprint density at radius 1 is 1.41 bits per heavy atom. The minimum Gasteiger partial charge on any atom is -0.508 e. The summed E-state index contributed by atoms with van der Waals surface area (Å²) in [6.45, 7) is 6.12. The van der Waals surface area contributed by atoms with Gasteiger partial charge in [0, 0.05) is 6.42 Å². The number of hydrazine groups is 1. The van der Waals surface area contributed by atoms with Crippen molar-refractivity contribution in [3.05, 3.63) is 29.3 Å². The molecule has 0 fully saturated rings. The first-order valence-corrected chi connectivity index (χ1v) is 5.66. The molecule has 1 rings (SSSR count). The van der Waals surface area contributed by atoms with E-state index < -0.39 is 0 Å². The minimum atomic E-state index is -0.185. The Morgan fingerprint density at radius 3 is 2.59 bits per heavy atom. The Morgan fingerprint density at radius 2 is 2.06 bits per heavy atom. The summed E-state index contributed by atoms with van der Waals surface area (Å²) in [5.74, 6) is 5.13. The molecule has 4 N–H and O–H groups in total. The highest BCUT2D eigenvalue weighted by molar-refractivity contribution is 5.75. The van der Waals surface area contributed by atoms with Crippen LogP contribution >= 0.6 is 0 Å². The summed E-state index contributed by atoms with van der Waals surface area (Å²) in [6.07, 6.45) is 0.969. The normalized spacial score (nSPS) is 11.3. The van der Waals surface area contributed by atoms with Crippen molar-refractivity contribution in [2.24, 2.45) is 5.84 Å². The topological polar surface area (TPSA) is 75.4 Å². The van der Waals surface area contributed by atoms with E-state index in [1.807, 2.05) is 32.9 Å². The van der Waals surface area contributed by atoms with Crippen LogP contribution in [0.2, 0.25) is 0 Å². The fraction of sp³-hybridized carbons (Fsp3) is 0.462. The number of phenolic OH excluding ortho intramolecular Hbond substituents is 1. The zero-order chi connectivity index (χ0) is 13.1. The number of phenols is 1. The molecule has 0 heterocycles. The second-order valence-electron chi connectivity index (χ2n) is 5.17. The van der Waals surface area contributed by atoms with Crippen LogP contribution < -0.4 is 11.3 Å². The number of nitrogens with one attached hydrogen (secondary N) is 1. The lowest BCUT2D eigenvalue weighted by atomic mass is 9.85. The van der Waals surface area contributed by atoms with E-state index in [1.165, 1.54) is 0 Å². The largest absolute Gasteiger partial charge is 0.508 e. The molecule has 94 valence electrons. The van der Waals surface area contributed by atoms with Crippen LogP contribution in [0.25, 0.3) is 0 Å². The fourth-order valence-electron chi connectivity index (χ4n) is 1.67. The molecule has 1 aromatic rings. The summed E-state index contributed by atoms with van der Waals surface area (Å²) < 4.78 is 0. The Labute approximate surface area is 102 Å². The first-order valence-electron chi connectivity index (χ1n) is 5.66. The fourth-order valence-corrected chi connectivity index (χ4v) is 1.67. The molecule has 0 unspecified atom stereocenters. The monoisotopic (exact) mass is 236 g/mol. The average Bonchev–Trinajstić information content (AvgIpc) is 2.26. The number of benzene rings is 1. The quantitative estimate of drug-likeness (QED) is 0.424. The van der Waals surface area contributed by atoms with Crippen LogP contribution in [-0.2, 0) is 16.6 Å². The molecule has 0 bridgehead atoms. The van der Waals surface area contributed by atoms with E-state index >= 15 is 0 Å². The maximum absolute atomic E-state index is 11.0. The molecule has 0 aliphatic rings. The van der Waals surface area contributed by atoms with Gasteiger partial charge in [-0.05, 0) is 29.0 Å². The van der Waals surface area contributed by atoms with Gasteiger partial charge in [0.1, 0.15) is 5.75 Å². The summed E-state index contributed by atoms with van der Waals surface area (Å²) in [4.78, 5) is 11.0. The van der Waals surface area contributed by atoms with Gasteiger partial charge in [-0.3, -0.25) is 10.2 Å². The second kappa shape index (κ2) is 5.19. The van der Waals surface area contributed by atoms with Crippen molar-refractivity contribution in [3.63, 3.8) is 0 Å². The number of carbonyl (C=O) groups excluding carboxylic acids is 1. The lowest BCUT2D eigenvalue weighted by Gasteiger charge is -2.21. The van der Waals surface area contributed by atoms with Crippen molar-refractivity contribution in [2.45, 2.75) is 39.0 Å². The Hall–Kier alpha value is -1.55. The van der Waals surface area contributed by atoms with Gasteiger partial charge in [0.2, 0.25) is 5.91 Å². The van der Waals surface area contributed by atoms with E-state index in [9.17, 15) is 9.90 Å². The van der Waals surface area contributed by atoms with Crippen molar-refractivity contribution < 1.29 is 9.90 Å². The molecule has 0 radical (unpaired) electrons. The van der Waals surface area contributed by atoms with Crippen molar-refractivity contribution in [3.8, 4) is 5.75 Å². The molecule has 0 spiro atoms. The van der Waals surface area contributed by atoms with E-state index in [2.05, 4.69) is 5.43 Å². The zero-order valence-corrected chi connectivity index (χ0v) is 10.6. The van der Waals surface area contributed by atoms with Gasteiger partial charge < -0.3 is 5.11 Å². The molecular formula is C13H20N2O2. The van der Waals surface area contributed by atoms with E-state index in [0.29, 0.717) is 18.6 Å². The standard InChI is InChI=1S/C13H20N2O2/c1-13(2,3)10-8-9(4-6-11(10)16)5-7-12(17)15-14/h4,6,8,16H,5,7,14H2,1-3H3,(H,15,17). The van der Waals surface area contributed by atoms with Gasteiger partial charge in [-0.2, -0.15) is 0 Å². The molecular weight excluding hydrogens is 216 g/mol. The van der Waals surface area contributed by atoms with Crippen LogP contribution in [-0.4, -0.2) is 11.0 Å². The zero-order valence-electron chi connectivity index (χ0n) is 10.6. The third-order valence-corrected chi connectivity index (χ3v) is 2.67. The van der Waals surface area contributed by atoms with Crippen LogP contribution in [0.5, 0.6) is 5.75 Å². The highest BCUT2D eigenvalue weighted by atomic mass is 16.3. The van der Waals surface area contributed by atoms with Crippen molar-refractivity contribution >= 4 is 5.91 Å². The van der Waals surface area contributed by atoms with Gasteiger partial charge in [0.15, 0.2) is 0 Å². The predicted molar refractivity (Wildman–Crippen MR) is 67.5 cm³/mol. The molecule has 4 heteroatoms. The molecule has 1 aromatic carbocycles. The highest BCUT2D eigenvalue weighted by Gasteiger charge is 2.18. The number of hydrogen-bond acceptors (Lipinski definition) is 3. The molecule has 1 amide bonds. The molecule has 0 saturated heterocycles. The average molecular weight is 236 g/mol. The van der Waals surface area contributed by atoms with Crippen molar-refractivity contribution in [2.75, 3.05) is 0 Å². The van der Waals surface area contributed by atoms with Gasteiger partial charge in [0.25, 0.3) is 0 Å². The molecule has 17 heavy (non-hydrogen) atoms. The lowest BCUT2D eigenvalue weighted by molar-refractivity contribution is -0.121. The van der Waals surface area contributed by atoms with E-state index in [1.54, 1.807) is 6.07 Å². The molecule has 0 aromatic heterocycles. The number of aryl methyl sites for hydroxylation is 1. The number of amides is 1. The first kappa shape index (κ1) is 13.5. The lowest BCUT2D eigenvalue weighted by Crippen LogP contribution is -2.30. The number of hydrogen-bond donors (Lipinski definition) is 3. The van der Waals surface area contributed by atoms with Crippen LogP contribution in [0.1, 0.15) is 38.3 Å².